The fourth-order valence-corrected chi connectivity index (χ4v) is 6.82. The third kappa shape index (κ3) is 2.25. The minimum absolute atomic E-state index is 0.0251. The number of nitrogens with two attached hydrogens (primary N) is 1. The van der Waals surface area contributed by atoms with Crippen LogP contribution in [0.1, 0.15) is 39.7 Å². The zero-order chi connectivity index (χ0) is 24.5. The van der Waals surface area contributed by atoms with Crippen molar-refractivity contribution in [2.45, 2.75) is 29.2 Å². The van der Waals surface area contributed by atoms with Gasteiger partial charge in [-0.3, -0.25) is 14.9 Å². The SMILES string of the molecule is C=C1c2ccccc2C2C3(C(=O)C(Cc4ccccc4)c4ccccc43)C(C#N)=C(N)[C@@]12[N+](=O)[O-]. The molecule has 3 aliphatic rings. The molecule has 0 amide bonds. The molecule has 0 bridgehead atoms. The zero-order valence-electron chi connectivity index (χ0n) is 18.8. The van der Waals surface area contributed by atoms with Crippen molar-refractivity contribution in [2.75, 3.05) is 0 Å². The van der Waals surface area contributed by atoms with Crippen molar-refractivity contribution in [3.8, 4) is 6.07 Å². The first-order chi connectivity index (χ1) is 16.9. The average Bonchev–Trinajstić information content (AvgIpc) is 3.38. The topological polar surface area (TPSA) is 110 Å². The molecule has 2 N–H and O–H groups in total. The van der Waals surface area contributed by atoms with E-state index in [-0.39, 0.29) is 22.6 Å². The highest BCUT2D eigenvalue weighted by atomic mass is 16.6. The summed E-state index contributed by atoms with van der Waals surface area (Å²) in [4.78, 5) is 27.1. The predicted molar refractivity (Wildman–Crippen MR) is 131 cm³/mol. The lowest BCUT2D eigenvalue weighted by atomic mass is 9.64. The summed E-state index contributed by atoms with van der Waals surface area (Å²) in [7, 11) is 0. The van der Waals surface area contributed by atoms with E-state index in [9.17, 15) is 20.2 Å². The molecule has 0 saturated carbocycles. The molecule has 6 heteroatoms. The molecule has 0 aliphatic heterocycles. The summed E-state index contributed by atoms with van der Waals surface area (Å²) in [6, 6.07) is 26.4. The van der Waals surface area contributed by atoms with Gasteiger partial charge in [-0.2, -0.15) is 5.26 Å². The van der Waals surface area contributed by atoms with Gasteiger partial charge >= 0.3 is 0 Å². The number of nitro groups is 1. The fraction of sp³-hybridized carbons (Fsp3) is 0.172. The second-order valence-electron chi connectivity index (χ2n) is 9.42. The highest BCUT2D eigenvalue weighted by molar-refractivity contribution is 6.09. The average molecular weight is 460 g/mol. The summed E-state index contributed by atoms with van der Waals surface area (Å²) in [6.07, 6.45) is 0.428. The molecule has 1 spiro atoms. The van der Waals surface area contributed by atoms with Gasteiger partial charge in [-0.05, 0) is 34.2 Å². The quantitative estimate of drug-likeness (QED) is 0.461. The number of carbonyl (C=O) groups is 1. The maximum absolute atomic E-state index is 14.6. The van der Waals surface area contributed by atoms with Gasteiger partial charge in [-0.15, -0.1) is 0 Å². The molecule has 6 nitrogen and oxygen atoms in total. The predicted octanol–water partition coefficient (Wildman–Crippen LogP) is 4.41. The van der Waals surface area contributed by atoms with E-state index in [2.05, 4.69) is 12.6 Å². The van der Waals surface area contributed by atoms with Crippen molar-refractivity contribution < 1.29 is 9.72 Å². The molecule has 35 heavy (non-hydrogen) atoms. The molecule has 3 unspecified atom stereocenters. The lowest BCUT2D eigenvalue weighted by Gasteiger charge is -2.33. The Morgan fingerprint density at radius 1 is 1.00 bits per heavy atom. The number of rotatable bonds is 3. The van der Waals surface area contributed by atoms with Crippen LogP contribution in [-0.2, 0) is 16.6 Å². The second-order valence-corrected chi connectivity index (χ2v) is 9.42. The molecule has 0 fully saturated rings. The van der Waals surface area contributed by atoms with Crippen molar-refractivity contribution in [1.29, 1.82) is 5.26 Å². The number of nitriles is 1. The first-order valence-corrected chi connectivity index (χ1v) is 11.4. The number of hydrogen-bond donors (Lipinski definition) is 1. The lowest BCUT2D eigenvalue weighted by Crippen LogP contribution is -2.49. The van der Waals surface area contributed by atoms with Crippen molar-refractivity contribution in [3.05, 3.63) is 135 Å². The summed E-state index contributed by atoms with van der Waals surface area (Å²) in [5.41, 5.74) is 6.69. The van der Waals surface area contributed by atoms with Gasteiger partial charge in [0.05, 0.1) is 17.6 Å². The number of fused-ring (bicyclic) bond motifs is 6. The van der Waals surface area contributed by atoms with Gasteiger partial charge in [0.15, 0.2) is 5.78 Å². The molecule has 0 radical (unpaired) electrons. The third-order valence-corrected chi connectivity index (χ3v) is 8.13. The summed E-state index contributed by atoms with van der Waals surface area (Å²) in [5, 5.41) is 23.3. The van der Waals surface area contributed by atoms with Crippen LogP contribution < -0.4 is 5.73 Å². The van der Waals surface area contributed by atoms with Gasteiger partial charge in [0.2, 0.25) is 0 Å². The zero-order valence-corrected chi connectivity index (χ0v) is 18.8. The van der Waals surface area contributed by atoms with E-state index < -0.39 is 27.7 Å². The number of carbonyl (C=O) groups excluding carboxylic acids is 1. The Labute approximate surface area is 202 Å². The Balaban J connectivity index is 1.69. The van der Waals surface area contributed by atoms with E-state index in [0.717, 1.165) is 11.1 Å². The van der Waals surface area contributed by atoms with Crippen LogP contribution in [0.5, 0.6) is 0 Å². The minimum atomic E-state index is -1.96. The van der Waals surface area contributed by atoms with Gasteiger partial charge in [0.25, 0.3) is 5.54 Å². The van der Waals surface area contributed by atoms with Crippen LogP contribution in [0.15, 0.2) is 96.7 Å². The highest BCUT2D eigenvalue weighted by Crippen LogP contribution is 2.70. The maximum Gasteiger partial charge on any atom is 0.295 e. The molecule has 3 aliphatic carbocycles. The van der Waals surface area contributed by atoms with E-state index in [1.165, 1.54) is 0 Å². The van der Waals surface area contributed by atoms with Crippen molar-refractivity contribution in [1.82, 2.24) is 0 Å². The Hall–Kier alpha value is -4.50. The number of hydrogen-bond acceptors (Lipinski definition) is 5. The van der Waals surface area contributed by atoms with E-state index in [1.807, 2.05) is 54.6 Å². The smallest absolute Gasteiger partial charge is 0.295 e. The fourth-order valence-electron chi connectivity index (χ4n) is 6.82. The van der Waals surface area contributed by atoms with Gasteiger partial charge < -0.3 is 5.73 Å². The van der Waals surface area contributed by atoms with Crippen LogP contribution >= 0.6 is 0 Å². The summed E-state index contributed by atoms with van der Waals surface area (Å²) in [5.74, 6) is -1.77. The van der Waals surface area contributed by atoms with Crippen molar-refractivity contribution in [2.24, 2.45) is 5.73 Å². The lowest BCUT2D eigenvalue weighted by molar-refractivity contribution is -0.542. The van der Waals surface area contributed by atoms with Gasteiger partial charge in [-0.1, -0.05) is 85.4 Å². The van der Waals surface area contributed by atoms with E-state index in [1.54, 1.807) is 24.3 Å². The molecular formula is C29H21N3O3. The van der Waals surface area contributed by atoms with Crippen LogP contribution in [0.2, 0.25) is 0 Å². The number of nitrogens with zero attached hydrogens (tertiary/aromatic N) is 2. The molecule has 0 aromatic heterocycles. The van der Waals surface area contributed by atoms with E-state index >= 15 is 0 Å². The van der Waals surface area contributed by atoms with Crippen LogP contribution in [-0.4, -0.2) is 16.2 Å². The van der Waals surface area contributed by atoms with Crippen molar-refractivity contribution >= 4 is 11.4 Å². The minimum Gasteiger partial charge on any atom is -0.395 e. The first kappa shape index (κ1) is 21.1. The molecule has 6 rings (SSSR count). The molecule has 4 atom stereocenters. The van der Waals surface area contributed by atoms with Crippen molar-refractivity contribution in [3.63, 3.8) is 0 Å². The van der Waals surface area contributed by atoms with Gasteiger partial charge in [0, 0.05) is 16.4 Å². The van der Waals surface area contributed by atoms with E-state index in [4.69, 9.17) is 5.73 Å². The largest absolute Gasteiger partial charge is 0.395 e. The Bertz CT molecular complexity index is 1530. The molecule has 170 valence electrons. The number of ketones is 1. The number of Topliss-reactive ketones (excluding diaryl/α,β-unsaturated/α-hetero) is 1. The first-order valence-electron chi connectivity index (χ1n) is 11.4. The number of benzene rings is 3. The Morgan fingerprint density at radius 2 is 1.63 bits per heavy atom. The van der Waals surface area contributed by atoms with Gasteiger partial charge in [-0.25, -0.2) is 0 Å². The molecular weight excluding hydrogens is 438 g/mol. The van der Waals surface area contributed by atoms with Crippen LogP contribution in [0.25, 0.3) is 5.57 Å². The third-order valence-electron chi connectivity index (χ3n) is 8.13. The molecule has 3 aromatic carbocycles. The normalized spacial score (nSPS) is 28.1. The van der Waals surface area contributed by atoms with Crippen LogP contribution in [0.4, 0.5) is 0 Å². The Morgan fingerprint density at radius 3 is 2.31 bits per heavy atom. The number of allylic oxidation sites excluding steroid dienone is 1. The van der Waals surface area contributed by atoms with E-state index in [0.29, 0.717) is 23.1 Å². The van der Waals surface area contributed by atoms with Crippen LogP contribution in [0, 0.1) is 21.4 Å². The molecule has 3 aromatic rings. The standard InChI is InChI=1S/C29H21N3O3/c1-17-19-11-5-6-13-21(19)25-28(24(16-30)26(31)29(17,25)32(34)35)23-14-8-7-12-20(23)22(27(28)33)15-18-9-3-2-4-10-18/h2-14,22,25H,1,15,31H2/t22?,25?,28?,29-/m1/s1. The van der Waals surface area contributed by atoms with Crippen LogP contribution in [0.3, 0.4) is 0 Å². The molecule has 0 heterocycles. The second kappa shape index (κ2) is 7.00. The highest BCUT2D eigenvalue weighted by Gasteiger charge is 2.78. The maximum atomic E-state index is 14.6. The summed E-state index contributed by atoms with van der Waals surface area (Å²) < 4.78 is 0. The molecule has 0 saturated heterocycles. The Kier molecular flexibility index (Phi) is 4.21. The van der Waals surface area contributed by atoms with Gasteiger partial charge in [0.1, 0.15) is 11.1 Å². The summed E-state index contributed by atoms with van der Waals surface area (Å²) in [6.45, 7) is 4.10. The summed E-state index contributed by atoms with van der Waals surface area (Å²) >= 11 is 0. The monoisotopic (exact) mass is 459 g/mol.